The zero-order valence-electron chi connectivity index (χ0n) is 15.7. The van der Waals surface area contributed by atoms with Gasteiger partial charge in [0, 0.05) is 0 Å². The maximum atomic E-state index is 12.7. The highest BCUT2D eigenvalue weighted by atomic mass is 16.5. The van der Waals surface area contributed by atoms with Crippen LogP contribution >= 0.6 is 0 Å². The Labute approximate surface area is 156 Å². The molecule has 0 bridgehead atoms. The number of rotatable bonds is 5. The summed E-state index contributed by atoms with van der Waals surface area (Å²) in [7, 11) is 0. The number of hydrogen-bond acceptors (Lipinski definition) is 4. The molecule has 4 heteroatoms. The fourth-order valence-electron chi connectivity index (χ4n) is 3.08. The molecule has 0 saturated heterocycles. The van der Waals surface area contributed by atoms with Crippen molar-refractivity contribution in [3.63, 3.8) is 0 Å². The van der Waals surface area contributed by atoms with Crippen molar-refractivity contribution < 1.29 is 19.1 Å². The summed E-state index contributed by atoms with van der Waals surface area (Å²) in [5, 5.41) is 0. The van der Waals surface area contributed by atoms with Gasteiger partial charge in [0.15, 0.2) is 0 Å². The minimum absolute atomic E-state index is 0.115. The number of allylic oxidation sites excluding steroid dienone is 2. The van der Waals surface area contributed by atoms with Crippen LogP contribution in [0.25, 0.3) is 0 Å². The highest BCUT2D eigenvalue weighted by Gasteiger charge is 2.22. The van der Waals surface area contributed by atoms with Gasteiger partial charge in [-0.15, -0.1) is 0 Å². The predicted molar refractivity (Wildman–Crippen MR) is 102 cm³/mol. The molecule has 26 heavy (non-hydrogen) atoms. The van der Waals surface area contributed by atoms with E-state index in [0.29, 0.717) is 12.2 Å². The molecule has 0 fully saturated rings. The molecule has 0 saturated carbocycles. The minimum Gasteiger partial charge on any atom is -0.462 e. The normalized spacial score (nSPS) is 20.4. The Hall–Kier alpha value is -2.10. The molecule has 142 valence electrons. The fourth-order valence-corrected chi connectivity index (χ4v) is 3.08. The first-order valence-corrected chi connectivity index (χ1v) is 9.84. The number of ether oxygens (including phenoxy) is 2. The average Bonchev–Trinajstić information content (AvgIpc) is 2.66. The van der Waals surface area contributed by atoms with Gasteiger partial charge < -0.3 is 9.47 Å². The van der Waals surface area contributed by atoms with Crippen molar-refractivity contribution >= 4 is 11.9 Å². The van der Waals surface area contributed by atoms with Gasteiger partial charge in [-0.3, -0.25) is 0 Å². The van der Waals surface area contributed by atoms with Gasteiger partial charge >= 0.3 is 11.9 Å². The van der Waals surface area contributed by atoms with E-state index in [2.05, 4.69) is 19.1 Å². The average molecular weight is 358 g/mol. The summed E-state index contributed by atoms with van der Waals surface area (Å²) in [6.07, 6.45) is 13.0. The first-order chi connectivity index (χ1) is 12.7. The molecular formula is C22H30O4. The van der Waals surface area contributed by atoms with E-state index in [0.717, 1.165) is 44.9 Å². The van der Waals surface area contributed by atoms with E-state index in [4.69, 9.17) is 9.47 Å². The molecular weight excluding hydrogens is 328 g/mol. The molecule has 1 aliphatic heterocycles. The van der Waals surface area contributed by atoms with Gasteiger partial charge in [-0.05, 0) is 50.7 Å². The first-order valence-electron chi connectivity index (χ1n) is 9.84. The summed E-state index contributed by atoms with van der Waals surface area (Å²) in [4.78, 5) is 25.0. The molecule has 1 aliphatic rings. The SMILES string of the molecule is CCCCCC[C@H]1CC/C=C\CCCOC(=O)c2ccccc2C(=O)O1. The number of fused-ring (bicyclic) bond motifs is 1. The van der Waals surface area contributed by atoms with Crippen molar-refractivity contribution in [2.24, 2.45) is 0 Å². The van der Waals surface area contributed by atoms with E-state index >= 15 is 0 Å². The Bertz CT molecular complexity index is 606. The van der Waals surface area contributed by atoms with Gasteiger partial charge in [0.25, 0.3) is 0 Å². The lowest BCUT2D eigenvalue weighted by Crippen LogP contribution is -2.21. The Morgan fingerprint density at radius 1 is 0.962 bits per heavy atom. The maximum Gasteiger partial charge on any atom is 0.339 e. The second kappa shape index (κ2) is 11.5. The number of cyclic esters (lactones) is 2. The summed E-state index contributed by atoms with van der Waals surface area (Å²) in [6, 6.07) is 6.75. The second-order valence-electron chi connectivity index (χ2n) is 6.75. The Morgan fingerprint density at radius 2 is 1.69 bits per heavy atom. The number of unbranched alkanes of at least 4 members (excludes halogenated alkanes) is 3. The molecule has 1 heterocycles. The largest absolute Gasteiger partial charge is 0.462 e. The van der Waals surface area contributed by atoms with Crippen molar-refractivity contribution in [3.05, 3.63) is 47.5 Å². The smallest absolute Gasteiger partial charge is 0.339 e. The number of carbonyl (C=O) groups excluding carboxylic acids is 2. The van der Waals surface area contributed by atoms with Crippen LogP contribution in [0.1, 0.15) is 85.4 Å². The van der Waals surface area contributed by atoms with Gasteiger partial charge in [-0.2, -0.15) is 0 Å². The third kappa shape index (κ3) is 6.66. The van der Waals surface area contributed by atoms with Crippen LogP contribution in [0.4, 0.5) is 0 Å². The first kappa shape index (κ1) is 20.2. The summed E-state index contributed by atoms with van der Waals surface area (Å²) < 4.78 is 11.1. The van der Waals surface area contributed by atoms with Gasteiger partial charge in [-0.25, -0.2) is 9.59 Å². The van der Waals surface area contributed by atoms with Crippen LogP contribution in [0.2, 0.25) is 0 Å². The van der Waals surface area contributed by atoms with Crippen LogP contribution in [-0.2, 0) is 9.47 Å². The number of esters is 2. The van der Waals surface area contributed by atoms with Crippen LogP contribution in [0.5, 0.6) is 0 Å². The van der Waals surface area contributed by atoms with Gasteiger partial charge in [-0.1, -0.05) is 50.5 Å². The molecule has 0 N–H and O–H groups in total. The van der Waals surface area contributed by atoms with Gasteiger partial charge in [0.1, 0.15) is 6.10 Å². The van der Waals surface area contributed by atoms with E-state index in [-0.39, 0.29) is 11.7 Å². The monoisotopic (exact) mass is 358 g/mol. The lowest BCUT2D eigenvalue weighted by Gasteiger charge is -2.18. The summed E-state index contributed by atoms with van der Waals surface area (Å²) in [5.41, 5.74) is 0.582. The molecule has 0 spiro atoms. The van der Waals surface area contributed by atoms with Crippen LogP contribution in [0.3, 0.4) is 0 Å². The van der Waals surface area contributed by atoms with E-state index in [1.54, 1.807) is 24.3 Å². The maximum absolute atomic E-state index is 12.7. The van der Waals surface area contributed by atoms with Crippen molar-refractivity contribution in [1.82, 2.24) is 0 Å². The molecule has 0 aromatic heterocycles. The fraction of sp³-hybridized carbons (Fsp3) is 0.545. The minimum atomic E-state index is -0.460. The van der Waals surface area contributed by atoms with Crippen molar-refractivity contribution in [1.29, 1.82) is 0 Å². The van der Waals surface area contributed by atoms with E-state index in [1.807, 2.05) is 0 Å². The Balaban J connectivity index is 2.12. The van der Waals surface area contributed by atoms with Crippen LogP contribution in [0.15, 0.2) is 36.4 Å². The van der Waals surface area contributed by atoms with E-state index < -0.39 is 11.9 Å². The number of benzene rings is 1. The van der Waals surface area contributed by atoms with Gasteiger partial charge in [0.05, 0.1) is 17.7 Å². The van der Waals surface area contributed by atoms with Crippen LogP contribution in [0, 0.1) is 0 Å². The highest BCUT2D eigenvalue weighted by molar-refractivity contribution is 6.03. The predicted octanol–water partition coefficient (Wildman–Crippen LogP) is 5.47. The molecule has 0 radical (unpaired) electrons. The Morgan fingerprint density at radius 3 is 2.46 bits per heavy atom. The Kier molecular flexibility index (Phi) is 8.94. The lowest BCUT2D eigenvalue weighted by molar-refractivity contribution is 0.0248. The lowest BCUT2D eigenvalue weighted by atomic mass is 10.0. The summed E-state index contributed by atoms with van der Waals surface area (Å²) in [5.74, 6) is -0.892. The molecule has 0 unspecified atom stereocenters. The van der Waals surface area contributed by atoms with Crippen LogP contribution < -0.4 is 0 Å². The van der Waals surface area contributed by atoms with Crippen molar-refractivity contribution in [2.45, 2.75) is 70.8 Å². The topological polar surface area (TPSA) is 52.6 Å². The van der Waals surface area contributed by atoms with E-state index in [9.17, 15) is 9.59 Å². The van der Waals surface area contributed by atoms with Crippen molar-refractivity contribution in [3.8, 4) is 0 Å². The highest BCUT2D eigenvalue weighted by Crippen LogP contribution is 2.19. The van der Waals surface area contributed by atoms with Gasteiger partial charge in [0.2, 0.25) is 0 Å². The second-order valence-corrected chi connectivity index (χ2v) is 6.75. The molecule has 1 aromatic rings. The van der Waals surface area contributed by atoms with Crippen molar-refractivity contribution in [2.75, 3.05) is 6.61 Å². The third-order valence-electron chi connectivity index (χ3n) is 4.59. The number of carbonyl (C=O) groups is 2. The quantitative estimate of drug-likeness (QED) is 0.398. The third-order valence-corrected chi connectivity index (χ3v) is 4.59. The number of hydrogen-bond donors (Lipinski definition) is 0. The molecule has 0 amide bonds. The summed E-state index contributed by atoms with van der Waals surface area (Å²) in [6.45, 7) is 2.54. The molecule has 2 rings (SSSR count). The molecule has 1 aromatic carbocycles. The molecule has 1 atom stereocenters. The van der Waals surface area contributed by atoms with Crippen LogP contribution in [-0.4, -0.2) is 24.6 Å². The zero-order chi connectivity index (χ0) is 18.6. The zero-order valence-corrected chi connectivity index (χ0v) is 15.7. The molecule has 4 nitrogen and oxygen atoms in total. The summed E-state index contributed by atoms with van der Waals surface area (Å²) >= 11 is 0. The molecule has 0 aliphatic carbocycles. The standard InChI is InChI=1S/C22H30O4/c1-2-3-4-8-13-18-14-9-6-5-7-12-17-25-21(23)19-15-10-11-16-20(19)22(24)26-18/h5-6,10-11,15-16,18H,2-4,7-9,12-14,17H2,1H3/b6-5-/t18-/m0/s1. The van der Waals surface area contributed by atoms with E-state index in [1.165, 1.54) is 12.8 Å².